The summed E-state index contributed by atoms with van der Waals surface area (Å²) in [6.07, 6.45) is 5.84. The Balaban J connectivity index is 0.000000503. The summed E-state index contributed by atoms with van der Waals surface area (Å²) in [5, 5.41) is 0. The normalized spacial score (nSPS) is 9.61. The van der Waals surface area contributed by atoms with Gasteiger partial charge in [-0.15, -0.1) is 0 Å². The summed E-state index contributed by atoms with van der Waals surface area (Å²) in [4.78, 5) is 8.81. The van der Waals surface area contributed by atoms with Gasteiger partial charge in [0.05, 0.1) is 0 Å². The average Bonchev–Trinajstić information content (AvgIpc) is 2.86. The van der Waals surface area contributed by atoms with E-state index in [2.05, 4.69) is 126 Å². The topological polar surface area (TPSA) is 17.1 Å². The summed E-state index contributed by atoms with van der Waals surface area (Å²) < 4.78 is 0. The van der Waals surface area contributed by atoms with Crippen LogP contribution in [0.1, 0.15) is 88.5 Å². The van der Waals surface area contributed by atoms with E-state index in [0.29, 0.717) is 5.92 Å². The van der Waals surface area contributed by atoms with Crippen molar-refractivity contribution in [3.05, 3.63) is 107 Å². The van der Waals surface area contributed by atoms with Crippen molar-refractivity contribution in [1.82, 2.24) is 0 Å². The molecule has 0 fully saturated rings. The SMILES string of the molecule is CC=O.CCC(C)CC.CCCC(c1ccccc1)c1ccccc1.Cc1ccccc1C. The predicted molar refractivity (Wildman–Crippen MR) is 147 cm³/mol. The van der Waals surface area contributed by atoms with Gasteiger partial charge in [0.1, 0.15) is 6.29 Å². The molecule has 0 radical (unpaired) electrons. The quantitative estimate of drug-likeness (QED) is 0.344. The molecular formula is C32H46O. The molecule has 0 amide bonds. The zero-order chi connectivity index (χ0) is 24.9. The molecule has 180 valence electrons. The second kappa shape index (κ2) is 20.0. The van der Waals surface area contributed by atoms with Crippen molar-refractivity contribution in [2.24, 2.45) is 5.92 Å². The van der Waals surface area contributed by atoms with Crippen LogP contribution in [0.2, 0.25) is 0 Å². The Morgan fingerprint density at radius 3 is 1.24 bits per heavy atom. The Morgan fingerprint density at radius 1 is 0.667 bits per heavy atom. The van der Waals surface area contributed by atoms with E-state index < -0.39 is 0 Å². The van der Waals surface area contributed by atoms with E-state index in [9.17, 15) is 0 Å². The smallest absolute Gasteiger partial charge is 0.116 e. The highest BCUT2D eigenvalue weighted by molar-refractivity contribution is 5.44. The molecule has 0 aliphatic heterocycles. The first-order valence-corrected chi connectivity index (χ1v) is 12.5. The number of carbonyl (C=O) groups excluding carboxylic acids is 1. The van der Waals surface area contributed by atoms with Crippen LogP contribution in [-0.2, 0) is 4.79 Å². The van der Waals surface area contributed by atoms with Gasteiger partial charge in [0.2, 0.25) is 0 Å². The molecule has 0 bridgehead atoms. The van der Waals surface area contributed by atoms with Crippen LogP contribution in [0.15, 0.2) is 84.9 Å². The summed E-state index contributed by atoms with van der Waals surface area (Å²) >= 11 is 0. The third kappa shape index (κ3) is 14.2. The molecule has 0 aromatic heterocycles. The van der Waals surface area contributed by atoms with Crippen LogP contribution in [0.4, 0.5) is 0 Å². The van der Waals surface area contributed by atoms with Crippen molar-refractivity contribution in [3.63, 3.8) is 0 Å². The minimum Gasteiger partial charge on any atom is -0.304 e. The molecule has 0 spiro atoms. The molecule has 0 saturated carbocycles. The lowest BCUT2D eigenvalue weighted by Crippen LogP contribution is -2.00. The molecule has 0 saturated heterocycles. The van der Waals surface area contributed by atoms with Gasteiger partial charge >= 0.3 is 0 Å². The van der Waals surface area contributed by atoms with Crippen molar-refractivity contribution in [2.45, 2.75) is 80.1 Å². The van der Waals surface area contributed by atoms with E-state index in [1.54, 1.807) is 0 Å². The van der Waals surface area contributed by atoms with Crippen LogP contribution in [-0.4, -0.2) is 6.29 Å². The summed E-state index contributed by atoms with van der Waals surface area (Å²) in [7, 11) is 0. The molecule has 3 aromatic carbocycles. The standard InChI is InChI=1S/C16H18.C8H10.C6H14.C2H4O/c1-2-9-16(14-10-5-3-6-11-14)15-12-7-4-8-13-15;1-7-5-3-4-6-8(7)2;1-4-6(3)5-2;1-2-3/h3-8,10-13,16H,2,9H2,1H3;3-6H,1-2H3;6H,4-5H2,1-3H3;2H,1H3. The Hall–Kier alpha value is -2.67. The van der Waals surface area contributed by atoms with Crippen LogP contribution < -0.4 is 0 Å². The van der Waals surface area contributed by atoms with Crippen molar-refractivity contribution >= 4 is 6.29 Å². The summed E-state index contributed by atoms with van der Waals surface area (Å²) in [5.41, 5.74) is 5.59. The highest BCUT2D eigenvalue weighted by Gasteiger charge is 2.11. The highest BCUT2D eigenvalue weighted by Crippen LogP contribution is 2.28. The number of aryl methyl sites for hydroxylation is 2. The van der Waals surface area contributed by atoms with Gasteiger partial charge in [0.15, 0.2) is 0 Å². The lowest BCUT2D eigenvalue weighted by molar-refractivity contribution is -0.106. The van der Waals surface area contributed by atoms with Gasteiger partial charge in [-0.25, -0.2) is 0 Å². The van der Waals surface area contributed by atoms with Crippen LogP contribution in [0, 0.1) is 19.8 Å². The maximum absolute atomic E-state index is 8.81. The molecule has 0 N–H and O–H groups in total. The number of hydrogen-bond donors (Lipinski definition) is 0. The lowest BCUT2D eigenvalue weighted by atomic mass is 9.88. The van der Waals surface area contributed by atoms with Crippen LogP contribution in [0.3, 0.4) is 0 Å². The molecule has 3 aromatic rings. The zero-order valence-corrected chi connectivity index (χ0v) is 22.1. The number of benzene rings is 3. The van der Waals surface area contributed by atoms with Crippen molar-refractivity contribution in [1.29, 1.82) is 0 Å². The third-order valence-electron chi connectivity index (χ3n) is 5.80. The molecule has 0 atom stereocenters. The van der Waals surface area contributed by atoms with Gasteiger partial charge in [-0.2, -0.15) is 0 Å². The Bertz CT molecular complexity index is 759. The molecule has 1 nitrogen and oxygen atoms in total. The molecule has 33 heavy (non-hydrogen) atoms. The fourth-order valence-electron chi connectivity index (χ4n) is 3.14. The molecule has 0 aliphatic carbocycles. The number of rotatable bonds is 6. The Morgan fingerprint density at radius 2 is 1.00 bits per heavy atom. The van der Waals surface area contributed by atoms with Gasteiger partial charge in [0, 0.05) is 5.92 Å². The first-order chi connectivity index (χ1) is 15.9. The van der Waals surface area contributed by atoms with Gasteiger partial charge in [-0.05, 0) is 55.4 Å². The van der Waals surface area contributed by atoms with E-state index >= 15 is 0 Å². The molecule has 1 heteroatoms. The predicted octanol–water partition coefficient (Wildman–Crippen LogP) is 9.57. The summed E-state index contributed by atoms with van der Waals surface area (Å²) in [6, 6.07) is 29.9. The molecule has 0 unspecified atom stereocenters. The zero-order valence-electron chi connectivity index (χ0n) is 22.1. The molecule has 0 aliphatic rings. The minimum absolute atomic E-state index is 0.549. The molecular weight excluding hydrogens is 400 g/mol. The largest absolute Gasteiger partial charge is 0.304 e. The fraction of sp³-hybridized carbons (Fsp3) is 0.406. The number of hydrogen-bond acceptors (Lipinski definition) is 1. The molecule has 3 rings (SSSR count). The van der Waals surface area contributed by atoms with Crippen molar-refractivity contribution in [2.75, 3.05) is 0 Å². The third-order valence-corrected chi connectivity index (χ3v) is 5.80. The van der Waals surface area contributed by atoms with Crippen LogP contribution >= 0.6 is 0 Å². The second-order valence-corrected chi connectivity index (χ2v) is 8.40. The van der Waals surface area contributed by atoms with Gasteiger partial charge in [0.25, 0.3) is 0 Å². The van der Waals surface area contributed by atoms with Crippen LogP contribution in [0.5, 0.6) is 0 Å². The monoisotopic (exact) mass is 446 g/mol. The van der Waals surface area contributed by atoms with Gasteiger partial charge in [-0.3, -0.25) is 0 Å². The van der Waals surface area contributed by atoms with Crippen molar-refractivity contribution < 1.29 is 4.79 Å². The van der Waals surface area contributed by atoms with Gasteiger partial charge < -0.3 is 4.79 Å². The van der Waals surface area contributed by atoms with Crippen molar-refractivity contribution in [3.8, 4) is 0 Å². The number of aldehydes is 1. The van der Waals surface area contributed by atoms with Gasteiger partial charge in [-0.1, -0.05) is 132 Å². The second-order valence-electron chi connectivity index (χ2n) is 8.40. The number of carbonyl (C=O) groups is 1. The van der Waals surface area contributed by atoms with E-state index in [1.807, 2.05) is 0 Å². The first kappa shape index (κ1) is 30.3. The van der Waals surface area contributed by atoms with E-state index in [4.69, 9.17) is 4.79 Å². The van der Waals surface area contributed by atoms with Crippen LogP contribution in [0.25, 0.3) is 0 Å². The summed E-state index contributed by atoms with van der Waals surface area (Å²) in [6.45, 7) is 14.7. The minimum atomic E-state index is 0.549. The summed E-state index contributed by atoms with van der Waals surface area (Å²) in [5.74, 6) is 1.48. The maximum atomic E-state index is 8.81. The van der Waals surface area contributed by atoms with E-state index in [1.165, 1.54) is 54.9 Å². The lowest BCUT2D eigenvalue weighted by Gasteiger charge is -2.17. The van der Waals surface area contributed by atoms with E-state index in [0.717, 1.165) is 12.2 Å². The van der Waals surface area contributed by atoms with E-state index in [-0.39, 0.29) is 0 Å². The Kier molecular flexibility index (Phi) is 18.4. The highest BCUT2D eigenvalue weighted by atomic mass is 16.1. The first-order valence-electron chi connectivity index (χ1n) is 12.5. The average molecular weight is 447 g/mol. The molecule has 0 heterocycles. The fourth-order valence-corrected chi connectivity index (χ4v) is 3.14. The maximum Gasteiger partial charge on any atom is 0.116 e. The Labute approximate surface area is 204 Å².